The summed E-state index contributed by atoms with van der Waals surface area (Å²) < 4.78 is 0. The number of aromatic nitrogens is 2. The van der Waals surface area contributed by atoms with Gasteiger partial charge in [0.1, 0.15) is 5.69 Å². The Kier molecular flexibility index (Phi) is 4.71. The first-order valence-corrected chi connectivity index (χ1v) is 6.97. The number of carbonyl (C=O) groups excluding carboxylic acids is 1. The number of nitrogens with zero attached hydrogens (tertiary/aromatic N) is 3. The number of hydrogen-bond donors (Lipinski definition) is 1. The summed E-state index contributed by atoms with van der Waals surface area (Å²) in [6.45, 7) is 6.78. The van der Waals surface area contributed by atoms with Crippen LogP contribution in [0.1, 0.15) is 35.9 Å². The van der Waals surface area contributed by atoms with E-state index in [0.717, 1.165) is 13.1 Å². The van der Waals surface area contributed by atoms with Crippen molar-refractivity contribution in [2.45, 2.75) is 32.7 Å². The van der Waals surface area contributed by atoms with Gasteiger partial charge in [-0.3, -0.25) is 9.69 Å². The summed E-state index contributed by atoms with van der Waals surface area (Å²) in [5.74, 6) is -0.196. The van der Waals surface area contributed by atoms with Crippen LogP contribution in [0.5, 0.6) is 0 Å². The van der Waals surface area contributed by atoms with Crippen molar-refractivity contribution in [3.8, 4) is 0 Å². The molecule has 1 saturated heterocycles. The van der Waals surface area contributed by atoms with Gasteiger partial charge in [-0.05, 0) is 57.4 Å². The first-order chi connectivity index (χ1) is 9.06. The highest BCUT2D eigenvalue weighted by Gasteiger charge is 2.19. The maximum atomic E-state index is 12.0. The van der Waals surface area contributed by atoms with Crippen LogP contribution < -0.4 is 5.32 Å². The maximum Gasteiger partial charge on any atom is 0.270 e. The summed E-state index contributed by atoms with van der Waals surface area (Å²) in [6, 6.07) is 1.99. The van der Waals surface area contributed by atoms with Crippen LogP contribution in [-0.4, -0.2) is 46.5 Å². The number of likely N-dealkylation sites (tertiary alicyclic amines) is 1. The van der Waals surface area contributed by atoms with Gasteiger partial charge >= 0.3 is 0 Å². The Labute approximate surface area is 118 Å². The van der Waals surface area contributed by atoms with Gasteiger partial charge in [0.15, 0.2) is 0 Å². The van der Waals surface area contributed by atoms with E-state index in [2.05, 4.69) is 27.1 Å². The fraction of sp³-hybridized carbons (Fsp3) is 0.615. The van der Waals surface area contributed by atoms with Gasteiger partial charge in [-0.1, -0.05) is 0 Å². The molecule has 1 N–H and O–H groups in total. The molecule has 19 heavy (non-hydrogen) atoms. The largest absolute Gasteiger partial charge is 0.349 e. The molecule has 2 rings (SSSR count). The minimum atomic E-state index is -0.196. The summed E-state index contributed by atoms with van der Waals surface area (Å²) in [5.41, 5.74) is 1.02. The molecule has 1 atom stereocenters. The Morgan fingerprint density at radius 3 is 2.79 bits per heavy atom. The molecule has 1 unspecified atom stereocenters. The zero-order valence-electron chi connectivity index (χ0n) is 11.3. The molecule has 1 aliphatic rings. The van der Waals surface area contributed by atoms with E-state index >= 15 is 0 Å². The summed E-state index contributed by atoms with van der Waals surface area (Å²) in [7, 11) is 0. The molecule has 104 valence electrons. The number of rotatable bonds is 4. The lowest BCUT2D eigenvalue weighted by Gasteiger charge is -2.23. The van der Waals surface area contributed by atoms with E-state index in [9.17, 15) is 4.79 Å². The highest BCUT2D eigenvalue weighted by Crippen LogP contribution is 2.11. The molecule has 0 radical (unpaired) electrons. The topological polar surface area (TPSA) is 58.1 Å². The van der Waals surface area contributed by atoms with Gasteiger partial charge in [0.2, 0.25) is 5.28 Å². The molecular formula is C13H19ClN4O. The average molecular weight is 283 g/mol. The molecule has 0 aliphatic carbocycles. The van der Waals surface area contributed by atoms with Crippen LogP contribution >= 0.6 is 11.6 Å². The van der Waals surface area contributed by atoms with E-state index < -0.39 is 0 Å². The van der Waals surface area contributed by atoms with Gasteiger partial charge < -0.3 is 5.32 Å². The molecule has 6 heteroatoms. The van der Waals surface area contributed by atoms with Gasteiger partial charge in [-0.25, -0.2) is 9.97 Å². The number of nitrogens with one attached hydrogen (secondary N) is 1. The van der Waals surface area contributed by atoms with Crippen molar-refractivity contribution in [3.05, 3.63) is 22.7 Å². The minimum absolute atomic E-state index is 0.109. The zero-order valence-corrected chi connectivity index (χ0v) is 12.1. The molecule has 0 spiro atoms. The van der Waals surface area contributed by atoms with E-state index in [0.29, 0.717) is 24.0 Å². The standard InChI is InChI=1S/C13H19ClN4O/c1-9-7-11(17-13(14)16-9)12(19)15-8-10(2)18-5-3-4-6-18/h7,10H,3-6,8H2,1-2H3,(H,15,19). The first kappa shape index (κ1) is 14.2. The number of halogens is 1. The third-order valence-corrected chi connectivity index (χ3v) is 3.55. The molecule has 0 bridgehead atoms. The number of hydrogen-bond acceptors (Lipinski definition) is 4. The SMILES string of the molecule is Cc1cc(C(=O)NCC(C)N2CCCC2)nc(Cl)n1. The third kappa shape index (κ3) is 3.88. The van der Waals surface area contributed by atoms with Crippen molar-refractivity contribution in [1.82, 2.24) is 20.2 Å². The second-order valence-corrected chi connectivity index (χ2v) is 5.30. The van der Waals surface area contributed by atoms with Crippen LogP contribution in [0.15, 0.2) is 6.07 Å². The highest BCUT2D eigenvalue weighted by atomic mass is 35.5. The quantitative estimate of drug-likeness (QED) is 0.853. The van der Waals surface area contributed by atoms with Crippen molar-refractivity contribution in [1.29, 1.82) is 0 Å². The van der Waals surface area contributed by atoms with Gasteiger partial charge in [0.05, 0.1) is 0 Å². The number of aryl methyl sites for hydroxylation is 1. The van der Waals surface area contributed by atoms with E-state index in [1.54, 1.807) is 13.0 Å². The van der Waals surface area contributed by atoms with E-state index in [4.69, 9.17) is 11.6 Å². The molecule has 0 aromatic carbocycles. The van der Waals surface area contributed by atoms with Gasteiger partial charge in [-0.15, -0.1) is 0 Å². The van der Waals surface area contributed by atoms with Crippen LogP contribution in [0.25, 0.3) is 0 Å². The molecular weight excluding hydrogens is 264 g/mol. The normalized spacial score (nSPS) is 17.4. The third-order valence-electron chi connectivity index (χ3n) is 3.38. The van der Waals surface area contributed by atoms with Crippen molar-refractivity contribution < 1.29 is 4.79 Å². The molecule has 2 heterocycles. The molecule has 1 aromatic rings. The predicted octanol–water partition coefficient (Wildman–Crippen LogP) is 1.65. The van der Waals surface area contributed by atoms with Crippen LogP contribution in [0.2, 0.25) is 5.28 Å². The van der Waals surface area contributed by atoms with Gasteiger partial charge in [-0.2, -0.15) is 0 Å². The second kappa shape index (κ2) is 6.30. The molecule has 0 saturated carbocycles. The molecule has 1 aromatic heterocycles. The molecule has 1 amide bonds. The van der Waals surface area contributed by atoms with Crippen LogP contribution in [-0.2, 0) is 0 Å². The zero-order chi connectivity index (χ0) is 13.8. The van der Waals surface area contributed by atoms with Crippen molar-refractivity contribution >= 4 is 17.5 Å². The first-order valence-electron chi connectivity index (χ1n) is 6.59. The van der Waals surface area contributed by atoms with Gasteiger partial charge in [0.25, 0.3) is 5.91 Å². The van der Waals surface area contributed by atoms with E-state index in [-0.39, 0.29) is 11.2 Å². The average Bonchev–Trinajstić information content (AvgIpc) is 2.88. The van der Waals surface area contributed by atoms with Crippen LogP contribution in [0, 0.1) is 6.92 Å². The summed E-state index contributed by atoms with van der Waals surface area (Å²) >= 11 is 5.75. The smallest absolute Gasteiger partial charge is 0.270 e. The van der Waals surface area contributed by atoms with Crippen LogP contribution in [0.3, 0.4) is 0 Å². The van der Waals surface area contributed by atoms with E-state index in [1.165, 1.54) is 12.8 Å². The number of amides is 1. The summed E-state index contributed by atoms with van der Waals surface area (Å²) in [6.07, 6.45) is 2.50. The Morgan fingerprint density at radius 2 is 2.16 bits per heavy atom. The molecule has 1 fully saturated rings. The number of carbonyl (C=O) groups is 1. The second-order valence-electron chi connectivity index (χ2n) is 4.97. The minimum Gasteiger partial charge on any atom is -0.349 e. The summed E-state index contributed by atoms with van der Waals surface area (Å²) in [5, 5.41) is 3.01. The van der Waals surface area contributed by atoms with Gasteiger partial charge in [0, 0.05) is 18.3 Å². The highest BCUT2D eigenvalue weighted by molar-refractivity contribution is 6.28. The summed E-state index contributed by atoms with van der Waals surface area (Å²) in [4.78, 5) is 22.3. The Hall–Kier alpha value is -1.20. The Bertz CT molecular complexity index is 440. The Morgan fingerprint density at radius 1 is 1.47 bits per heavy atom. The lowest BCUT2D eigenvalue weighted by molar-refractivity contribution is 0.0935. The fourth-order valence-electron chi connectivity index (χ4n) is 2.29. The van der Waals surface area contributed by atoms with Crippen molar-refractivity contribution in [3.63, 3.8) is 0 Å². The van der Waals surface area contributed by atoms with Crippen molar-refractivity contribution in [2.24, 2.45) is 0 Å². The lowest BCUT2D eigenvalue weighted by atomic mass is 10.2. The van der Waals surface area contributed by atoms with E-state index in [1.807, 2.05) is 0 Å². The fourth-order valence-corrected chi connectivity index (χ4v) is 2.52. The van der Waals surface area contributed by atoms with Crippen molar-refractivity contribution in [2.75, 3.05) is 19.6 Å². The predicted molar refractivity (Wildman–Crippen MR) is 74.4 cm³/mol. The lowest BCUT2D eigenvalue weighted by Crippen LogP contribution is -2.40. The Balaban J connectivity index is 1.89. The monoisotopic (exact) mass is 282 g/mol. The molecule has 5 nitrogen and oxygen atoms in total. The van der Waals surface area contributed by atoms with Crippen LogP contribution in [0.4, 0.5) is 0 Å². The maximum absolute atomic E-state index is 12.0. The molecule has 1 aliphatic heterocycles.